The van der Waals surface area contributed by atoms with E-state index in [1.165, 1.54) is 6.07 Å². The van der Waals surface area contributed by atoms with Gasteiger partial charge in [0.1, 0.15) is 5.69 Å². The van der Waals surface area contributed by atoms with Gasteiger partial charge in [0.2, 0.25) is 5.82 Å². The summed E-state index contributed by atoms with van der Waals surface area (Å²) in [4.78, 5) is 11.9. The molecule has 21 heavy (non-hydrogen) atoms. The molecule has 0 spiro atoms. The normalized spacial score (nSPS) is 10.8. The Morgan fingerprint density at radius 1 is 1.05 bits per heavy atom. The second kappa shape index (κ2) is 5.72. The monoisotopic (exact) mass is 385 g/mol. The molecule has 0 unspecified atom stereocenters. The number of benzene rings is 1. The fraction of sp³-hybridized carbons (Fsp3) is 0.0833. The number of nitrogens with one attached hydrogen (secondary N) is 1. The molecule has 0 aliphatic rings. The largest absolute Gasteiger partial charge is 0.316 e. The molecule has 9 heteroatoms. The number of rotatable bonds is 2. The molecule has 2 rings (SSSR count). The number of anilines is 1. The van der Waals surface area contributed by atoms with Gasteiger partial charge in [-0.25, -0.2) is 22.0 Å². The Morgan fingerprint density at radius 2 is 1.52 bits per heavy atom. The molecular weight excluding hydrogens is 381 g/mol. The van der Waals surface area contributed by atoms with Crippen LogP contribution in [0.15, 0.2) is 9.85 Å². The van der Waals surface area contributed by atoms with Crippen molar-refractivity contribution in [2.45, 2.75) is 6.92 Å². The van der Waals surface area contributed by atoms with E-state index in [9.17, 15) is 26.7 Å². The van der Waals surface area contributed by atoms with Gasteiger partial charge in [-0.05, 0) is 34.5 Å². The number of thiophene rings is 1. The maximum atomic E-state index is 13.4. The van der Waals surface area contributed by atoms with Gasteiger partial charge in [0.15, 0.2) is 23.3 Å². The molecule has 1 aromatic carbocycles. The zero-order valence-electron chi connectivity index (χ0n) is 10.2. The van der Waals surface area contributed by atoms with Crippen LogP contribution in [0.1, 0.15) is 15.2 Å². The van der Waals surface area contributed by atoms with Crippen LogP contribution in [0, 0.1) is 36.0 Å². The Morgan fingerprint density at radius 3 is 1.95 bits per heavy atom. The fourth-order valence-electron chi connectivity index (χ4n) is 1.46. The zero-order valence-corrected chi connectivity index (χ0v) is 12.6. The van der Waals surface area contributed by atoms with Crippen LogP contribution in [-0.2, 0) is 0 Å². The van der Waals surface area contributed by atoms with E-state index in [0.29, 0.717) is 9.35 Å². The number of amides is 1. The summed E-state index contributed by atoms with van der Waals surface area (Å²) in [6.07, 6.45) is 0. The summed E-state index contributed by atoms with van der Waals surface area (Å²) in [5.41, 5.74) is -0.680. The van der Waals surface area contributed by atoms with Gasteiger partial charge in [0, 0.05) is 0 Å². The lowest BCUT2D eigenvalue weighted by molar-refractivity contribution is 0.102. The fourth-order valence-corrected chi connectivity index (χ4v) is 2.89. The van der Waals surface area contributed by atoms with Crippen LogP contribution in [-0.4, -0.2) is 5.91 Å². The lowest BCUT2D eigenvalue weighted by Crippen LogP contribution is -2.16. The number of carbonyl (C=O) groups excluding carboxylic acids is 1. The molecule has 1 amide bonds. The number of halogens is 6. The minimum absolute atomic E-state index is 0.0586. The first kappa shape index (κ1) is 15.9. The van der Waals surface area contributed by atoms with Gasteiger partial charge in [0.25, 0.3) is 5.91 Å². The highest BCUT2D eigenvalue weighted by Gasteiger charge is 2.27. The quantitative estimate of drug-likeness (QED) is 0.450. The van der Waals surface area contributed by atoms with Crippen molar-refractivity contribution < 1.29 is 26.7 Å². The van der Waals surface area contributed by atoms with Crippen molar-refractivity contribution in [1.29, 1.82) is 0 Å². The molecule has 0 aliphatic heterocycles. The first-order chi connectivity index (χ1) is 9.73. The van der Waals surface area contributed by atoms with Crippen molar-refractivity contribution in [3.8, 4) is 0 Å². The highest BCUT2D eigenvalue weighted by Crippen LogP contribution is 2.30. The molecule has 0 bridgehead atoms. The second-order valence-corrected chi connectivity index (χ2v) is 6.34. The molecule has 1 N–H and O–H groups in total. The van der Waals surface area contributed by atoms with Gasteiger partial charge in [0.05, 0.1) is 8.66 Å². The molecule has 0 radical (unpaired) electrons. The topological polar surface area (TPSA) is 29.1 Å². The van der Waals surface area contributed by atoms with E-state index in [2.05, 4.69) is 15.9 Å². The van der Waals surface area contributed by atoms with E-state index >= 15 is 0 Å². The minimum atomic E-state index is -2.28. The van der Waals surface area contributed by atoms with E-state index in [4.69, 9.17) is 0 Å². The average molecular weight is 386 g/mol. The Balaban J connectivity index is 2.42. The van der Waals surface area contributed by atoms with E-state index in [-0.39, 0.29) is 4.88 Å². The molecule has 0 atom stereocenters. The maximum absolute atomic E-state index is 13.4. The van der Waals surface area contributed by atoms with Gasteiger partial charge < -0.3 is 5.32 Å². The number of aryl methyl sites for hydroxylation is 1. The molecule has 0 saturated carbocycles. The molecule has 0 fully saturated rings. The maximum Gasteiger partial charge on any atom is 0.265 e. The molecule has 1 aromatic heterocycles. The molecule has 2 nitrogen and oxygen atoms in total. The summed E-state index contributed by atoms with van der Waals surface area (Å²) in [6.45, 7) is 1.68. The summed E-state index contributed by atoms with van der Waals surface area (Å²) in [6, 6.07) is 1.41. The van der Waals surface area contributed by atoms with Gasteiger partial charge in [-0.3, -0.25) is 4.79 Å². The van der Waals surface area contributed by atoms with E-state index in [1.807, 2.05) is 0 Å². The predicted octanol–water partition coefficient (Wildman–Crippen LogP) is 4.77. The Hall–Kier alpha value is -1.48. The molecular formula is C12H5BrF5NOS. The lowest BCUT2D eigenvalue weighted by atomic mass is 10.2. The van der Waals surface area contributed by atoms with E-state index < -0.39 is 40.7 Å². The summed E-state index contributed by atoms with van der Waals surface area (Å²) >= 11 is 4.12. The van der Waals surface area contributed by atoms with Crippen LogP contribution in [0.3, 0.4) is 0 Å². The van der Waals surface area contributed by atoms with Crippen molar-refractivity contribution in [2.75, 3.05) is 5.32 Å². The summed E-state index contributed by atoms with van der Waals surface area (Å²) in [7, 11) is 0. The first-order valence-corrected chi connectivity index (χ1v) is 6.93. The number of carbonyl (C=O) groups is 1. The average Bonchev–Trinajstić information content (AvgIpc) is 2.79. The Kier molecular flexibility index (Phi) is 4.33. The highest BCUT2D eigenvalue weighted by molar-refractivity contribution is 9.11. The number of hydrogen-bond acceptors (Lipinski definition) is 2. The SMILES string of the molecule is Cc1cc(C(=O)Nc2c(F)c(F)c(F)c(F)c2F)sc1Br. The third kappa shape index (κ3) is 2.80. The van der Waals surface area contributed by atoms with Crippen molar-refractivity contribution in [3.05, 3.63) is 49.4 Å². The van der Waals surface area contributed by atoms with E-state index in [0.717, 1.165) is 11.3 Å². The Labute approximate surface area is 127 Å². The molecule has 112 valence electrons. The van der Waals surface area contributed by atoms with Crippen molar-refractivity contribution in [2.24, 2.45) is 0 Å². The van der Waals surface area contributed by atoms with Crippen LogP contribution in [0.2, 0.25) is 0 Å². The standard InChI is InChI=1S/C12H5BrF5NOS/c1-3-2-4(21-11(3)13)12(20)19-10-8(17)6(15)5(14)7(16)9(10)18/h2H,1H3,(H,19,20). The van der Waals surface area contributed by atoms with Crippen LogP contribution >= 0.6 is 27.3 Å². The van der Waals surface area contributed by atoms with Crippen molar-refractivity contribution in [3.63, 3.8) is 0 Å². The van der Waals surface area contributed by atoms with Crippen molar-refractivity contribution >= 4 is 38.9 Å². The second-order valence-electron chi connectivity index (χ2n) is 3.97. The van der Waals surface area contributed by atoms with Gasteiger partial charge in [-0.2, -0.15) is 0 Å². The van der Waals surface area contributed by atoms with Gasteiger partial charge in [-0.1, -0.05) is 0 Å². The number of hydrogen-bond donors (Lipinski definition) is 1. The van der Waals surface area contributed by atoms with Gasteiger partial charge >= 0.3 is 0 Å². The molecule has 0 aliphatic carbocycles. The summed E-state index contributed by atoms with van der Waals surface area (Å²) < 4.78 is 66.3. The first-order valence-electron chi connectivity index (χ1n) is 5.32. The summed E-state index contributed by atoms with van der Waals surface area (Å²) in [5, 5.41) is 1.70. The Bertz CT molecular complexity index is 697. The molecule has 0 saturated heterocycles. The third-order valence-electron chi connectivity index (χ3n) is 2.53. The van der Waals surface area contributed by atoms with Crippen LogP contribution in [0.4, 0.5) is 27.6 Å². The highest BCUT2D eigenvalue weighted by atomic mass is 79.9. The summed E-state index contributed by atoms with van der Waals surface area (Å²) in [5.74, 6) is -11.7. The van der Waals surface area contributed by atoms with Gasteiger partial charge in [-0.15, -0.1) is 11.3 Å². The van der Waals surface area contributed by atoms with Crippen LogP contribution < -0.4 is 5.32 Å². The molecule has 2 aromatic rings. The zero-order chi connectivity index (χ0) is 15.9. The third-order valence-corrected chi connectivity index (χ3v) is 4.66. The smallest absolute Gasteiger partial charge is 0.265 e. The minimum Gasteiger partial charge on any atom is -0.316 e. The lowest BCUT2D eigenvalue weighted by Gasteiger charge is -2.08. The van der Waals surface area contributed by atoms with E-state index in [1.54, 1.807) is 12.2 Å². The van der Waals surface area contributed by atoms with Crippen LogP contribution in [0.25, 0.3) is 0 Å². The predicted molar refractivity (Wildman–Crippen MR) is 70.9 cm³/mol. The van der Waals surface area contributed by atoms with Crippen LogP contribution in [0.5, 0.6) is 0 Å². The molecule has 1 heterocycles. The van der Waals surface area contributed by atoms with Crippen molar-refractivity contribution in [1.82, 2.24) is 0 Å².